The van der Waals surface area contributed by atoms with Crippen LogP contribution in [0.3, 0.4) is 0 Å². The van der Waals surface area contributed by atoms with Crippen LogP contribution in [-0.4, -0.2) is 0 Å². The standard InChI is InChI=1S/C13H9BrCl2/c1-8-2-4-9(5-3-8)10-6-12(15)13(16)7-11(10)14/h2-7H,1H3. The highest BCUT2D eigenvalue weighted by Gasteiger charge is 2.07. The molecule has 0 saturated heterocycles. The number of hydrogen-bond acceptors (Lipinski definition) is 0. The number of benzene rings is 2. The van der Waals surface area contributed by atoms with Crippen LogP contribution in [0.25, 0.3) is 11.1 Å². The molecule has 0 radical (unpaired) electrons. The van der Waals surface area contributed by atoms with Gasteiger partial charge in [0.1, 0.15) is 0 Å². The zero-order chi connectivity index (χ0) is 11.7. The molecule has 0 spiro atoms. The second kappa shape index (κ2) is 4.79. The Morgan fingerprint density at radius 1 is 0.938 bits per heavy atom. The molecule has 0 aliphatic heterocycles. The average Bonchev–Trinajstić information content (AvgIpc) is 2.25. The highest BCUT2D eigenvalue weighted by molar-refractivity contribution is 9.10. The molecule has 0 heterocycles. The van der Waals surface area contributed by atoms with E-state index in [1.807, 2.05) is 12.1 Å². The van der Waals surface area contributed by atoms with E-state index in [0.717, 1.165) is 15.6 Å². The highest BCUT2D eigenvalue weighted by Crippen LogP contribution is 2.35. The van der Waals surface area contributed by atoms with E-state index in [4.69, 9.17) is 23.2 Å². The molecular formula is C13H9BrCl2. The first-order chi connectivity index (χ1) is 7.58. The monoisotopic (exact) mass is 314 g/mol. The Bertz CT molecular complexity index is 518. The van der Waals surface area contributed by atoms with E-state index >= 15 is 0 Å². The van der Waals surface area contributed by atoms with Crippen LogP contribution in [0.1, 0.15) is 5.56 Å². The van der Waals surface area contributed by atoms with Crippen molar-refractivity contribution in [2.75, 3.05) is 0 Å². The number of aryl methyl sites for hydroxylation is 1. The third kappa shape index (κ3) is 2.42. The minimum Gasteiger partial charge on any atom is -0.0827 e. The van der Waals surface area contributed by atoms with Gasteiger partial charge in [-0.1, -0.05) is 69.0 Å². The second-order valence-electron chi connectivity index (χ2n) is 3.61. The zero-order valence-corrected chi connectivity index (χ0v) is 11.7. The molecule has 0 amide bonds. The van der Waals surface area contributed by atoms with Gasteiger partial charge in [-0.05, 0) is 30.2 Å². The lowest BCUT2D eigenvalue weighted by Crippen LogP contribution is -1.82. The predicted molar refractivity (Wildman–Crippen MR) is 74.3 cm³/mol. The molecule has 2 aromatic rings. The molecule has 0 aromatic heterocycles. The summed E-state index contributed by atoms with van der Waals surface area (Å²) in [4.78, 5) is 0. The first kappa shape index (κ1) is 12.0. The van der Waals surface area contributed by atoms with Crippen molar-refractivity contribution in [1.82, 2.24) is 0 Å². The van der Waals surface area contributed by atoms with Gasteiger partial charge in [0.25, 0.3) is 0 Å². The lowest BCUT2D eigenvalue weighted by Gasteiger charge is -2.07. The van der Waals surface area contributed by atoms with Gasteiger partial charge in [0.15, 0.2) is 0 Å². The number of halogens is 3. The maximum absolute atomic E-state index is 6.01. The van der Waals surface area contributed by atoms with Gasteiger partial charge in [0, 0.05) is 4.47 Å². The summed E-state index contributed by atoms with van der Waals surface area (Å²) in [5, 5.41) is 1.13. The summed E-state index contributed by atoms with van der Waals surface area (Å²) in [6, 6.07) is 12.0. The molecule has 0 atom stereocenters. The molecular weight excluding hydrogens is 307 g/mol. The van der Waals surface area contributed by atoms with Crippen molar-refractivity contribution in [3.8, 4) is 11.1 Å². The average molecular weight is 316 g/mol. The van der Waals surface area contributed by atoms with Crippen LogP contribution < -0.4 is 0 Å². The summed E-state index contributed by atoms with van der Waals surface area (Å²) in [5.74, 6) is 0. The number of hydrogen-bond donors (Lipinski definition) is 0. The molecule has 2 aromatic carbocycles. The van der Waals surface area contributed by atoms with Crippen molar-refractivity contribution in [2.45, 2.75) is 6.92 Å². The quantitative estimate of drug-likeness (QED) is 0.589. The van der Waals surface area contributed by atoms with Gasteiger partial charge < -0.3 is 0 Å². The van der Waals surface area contributed by atoms with E-state index in [1.54, 1.807) is 0 Å². The van der Waals surface area contributed by atoms with Crippen LogP contribution >= 0.6 is 39.1 Å². The fourth-order valence-electron chi connectivity index (χ4n) is 1.48. The molecule has 0 aliphatic carbocycles. The molecule has 0 unspecified atom stereocenters. The maximum atomic E-state index is 6.01. The first-order valence-electron chi connectivity index (χ1n) is 4.79. The van der Waals surface area contributed by atoms with E-state index in [-0.39, 0.29) is 0 Å². The van der Waals surface area contributed by atoms with E-state index in [9.17, 15) is 0 Å². The summed E-state index contributed by atoms with van der Waals surface area (Å²) in [6.45, 7) is 2.06. The summed E-state index contributed by atoms with van der Waals surface area (Å²) < 4.78 is 0.950. The largest absolute Gasteiger partial charge is 0.0827 e. The van der Waals surface area contributed by atoms with E-state index in [0.29, 0.717) is 10.0 Å². The first-order valence-corrected chi connectivity index (χ1v) is 6.34. The summed E-state index contributed by atoms with van der Waals surface area (Å²) in [6.07, 6.45) is 0. The molecule has 0 nitrogen and oxygen atoms in total. The molecule has 0 aliphatic rings. The Hall–Kier alpha value is -0.500. The second-order valence-corrected chi connectivity index (χ2v) is 5.28. The normalized spacial score (nSPS) is 10.5. The predicted octanol–water partition coefficient (Wildman–Crippen LogP) is 5.73. The fourth-order valence-corrected chi connectivity index (χ4v) is 2.51. The van der Waals surface area contributed by atoms with E-state index < -0.39 is 0 Å². The summed E-state index contributed by atoms with van der Waals surface area (Å²) in [5.41, 5.74) is 3.41. The van der Waals surface area contributed by atoms with Crippen molar-refractivity contribution < 1.29 is 0 Å². The third-order valence-electron chi connectivity index (χ3n) is 2.37. The molecule has 0 bridgehead atoms. The van der Waals surface area contributed by atoms with Crippen LogP contribution in [0, 0.1) is 6.92 Å². The minimum atomic E-state index is 0.560. The van der Waals surface area contributed by atoms with Crippen LogP contribution in [-0.2, 0) is 0 Å². The zero-order valence-electron chi connectivity index (χ0n) is 8.60. The van der Waals surface area contributed by atoms with E-state index in [2.05, 4.69) is 47.1 Å². The van der Waals surface area contributed by atoms with Gasteiger partial charge in [0.2, 0.25) is 0 Å². The highest BCUT2D eigenvalue weighted by atomic mass is 79.9. The molecule has 3 heteroatoms. The molecule has 0 saturated carbocycles. The van der Waals surface area contributed by atoms with Gasteiger partial charge in [-0.3, -0.25) is 0 Å². The van der Waals surface area contributed by atoms with Gasteiger partial charge in [-0.25, -0.2) is 0 Å². The van der Waals surface area contributed by atoms with Crippen LogP contribution in [0.2, 0.25) is 10.0 Å². The lowest BCUT2D eigenvalue weighted by atomic mass is 10.0. The molecule has 2 rings (SSSR count). The van der Waals surface area contributed by atoms with Crippen LogP contribution in [0.15, 0.2) is 40.9 Å². The molecule has 0 N–H and O–H groups in total. The SMILES string of the molecule is Cc1ccc(-c2cc(Cl)c(Cl)cc2Br)cc1. The van der Waals surface area contributed by atoms with Crippen molar-refractivity contribution in [3.05, 3.63) is 56.5 Å². The third-order valence-corrected chi connectivity index (χ3v) is 3.75. The smallest absolute Gasteiger partial charge is 0.0603 e. The number of rotatable bonds is 1. The Balaban J connectivity index is 2.56. The van der Waals surface area contributed by atoms with Crippen molar-refractivity contribution in [1.29, 1.82) is 0 Å². The lowest BCUT2D eigenvalue weighted by molar-refractivity contribution is 1.46. The van der Waals surface area contributed by atoms with Gasteiger partial charge in [0.05, 0.1) is 10.0 Å². The maximum Gasteiger partial charge on any atom is 0.0603 e. The van der Waals surface area contributed by atoms with Gasteiger partial charge in [-0.2, -0.15) is 0 Å². The van der Waals surface area contributed by atoms with Crippen molar-refractivity contribution in [3.63, 3.8) is 0 Å². The van der Waals surface area contributed by atoms with Gasteiger partial charge in [-0.15, -0.1) is 0 Å². The fraction of sp³-hybridized carbons (Fsp3) is 0.0769. The van der Waals surface area contributed by atoms with Crippen molar-refractivity contribution in [2.24, 2.45) is 0 Å². The molecule has 82 valence electrons. The summed E-state index contributed by atoms with van der Waals surface area (Å²) in [7, 11) is 0. The van der Waals surface area contributed by atoms with Crippen LogP contribution in [0.5, 0.6) is 0 Å². The minimum absolute atomic E-state index is 0.560. The summed E-state index contributed by atoms with van der Waals surface area (Å²) >= 11 is 15.4. The Morgan fingerprint density at radius 3 is 2.12 bits per heavy atom. The Labute approximate surface area is 113 Å². The van der Waals surface area contributed by atoms with Gasteiger partial charge >= 0.3 is 0 Å². The molecule has 0 fully saturated rings. The Kier molecular flexibility index (Phi) is 3.58. The van der Waals surface area contributed by atoms with Crippen LogP contribution in [0.4, 0.5) is 0 Å². The van der Waals surface area contributed by atoms with Crippen molar-refractivity contribution >= 4 is 39.1 Å². The van der Waals surface area contributed by atoms with E-state index in [1.165, 1.54) is 5.56 Å². The topological polar surface area (TPSA) is 0 Å². The Morgan fingerprint density at radius 2 is 1.50 bits per heavy atom. The molecule has 16 heavy (non-hydrogen) atoms.